The van der Waals surface area contributed by atoms with E-state index in [9.17, 15) is 4.79 Å². The topological polar surface area (TPSA) is 67.6 Å². The maximum atomic E-state index is 12.3. The first-order valence-electron chi connectivity index (χ1n) is 8.38. The largest absolute Gasteiger partial charge is 0.495 e. The molecule has 0 fully saturated rings. The van der Waals surface area contributed by atoms with Crippen LogP contribution in [0.5, 0.6) is 5.75 Å². The van der Waals surface area contributed by atoms with Gasteiger partial charge in [-0.1, -0.05) is 47.1 Å². The van der Waals surface area contributed by atoms with Crippen molar-refractivity contribution in [1.82, 2.24) is 10.1 Å². The third-order valence-electron chi connectivity index (χ3n) is 3.90. The van der Waals surface area contributed by atoms with Crippen LogP contribution >= 0.6 is 11.6 Å². The van der Waals surface area contributed by atoms with E-state index in [1.165, 1.54) is 0 Å². The zero-order valence-electron chi connectivity index (χ0n) is 15.1. The SMILES string of the molecule is COc1ccc(Cl)cc1NC(=O)CN(C)Cc1cc(-c2ccccc2)on1. The van der Waals surface area contributed by atoms with Gasteiger partial charge in [0.25, 0.3) is 0 Å². The molecule has 27 heavy (non-hydrogen) atoms. The van der Waals surface area contributed by atoms with Gasteiger partial charge in [0.1, 0.15) is 5.75 Å². The van der Waals surface area contributed by atoms with Gasteiger partial charge >= 0.3 is 0 Å². The van der Waals surface area contributed by atoms with E-state index in [1.807, 2.05) is 48.3 Å². The van der Waals surface area contributed by atoms with Gasteiger partial charge in [0.05, 0.1) is 25.0 Å². The van der Waals surface area contributed by atoms with Crippen LogP contribution in [0, 0.1) is 0 Å². The fraction of sp³-hybridized carbons (Fsp3) is 0.200. The molecule has 1 aromatic heterocycles. The molecular weight excluding hydrogens is 366 g/mol. The Morgan fingerprint density at radius 1 is 1.22 bits per heavy atom. The van der Waals surface area contributed by atoms with E-state index in [2.05, 4.69) is 10.5 Å². The number of carbonyl (C=O) groups is 1. The molecule has 0 unspecified atom stereocenters. The quantitative estimate of drug-likeness (QED) is 0.663. The molecule has 6 nitrogen and oxygen atoms in total. The van der Waals surface area contributed by atoms with Crippen LogP contribution in [-0.2, 0) is 11.3 Å². The van der Waals surface area contributed by atoms with E-state index in [4.69, 9.17) is 20.9 Å². The number of halogens is 1. The highest BCUT2D eigenvalue weighted by Crippen LogP contribution is 2.27. The number of nitrogens with one attached hydrogen (secondary N) is 1. The van der Waals surface area contributed by atoms with Crippen molar-refractivity contribution in [2.24, 2.45) is 0 Å². The Hall–Kier alpha value is -2.83. The Morgan fingerprint density at radius 3 is 2.74 bits per heavy atom. The highest BCUT2D eigenvalue weighted by Gasteiger charge is 2.13. The van der Waals surface area contributed by atoms with Gasteiger partial charge in [0, 0.05) is 23.2 Å². The van der Waals surface area contributed by atoms with E-state index in [-0.39, 0.29) is 12.5 Å². The monoisotopic (exact) mass is 385 g/mol. The number of nitrogens with zero attached hydrogens (tertiary/aromatic N) is 2. The Morgan fingerprint density at radius 2 is 2.00 bits per heavy atom. The molecule has 7 heteroatoms. The maximum absolute atomic E-state index is 12.3. The summed E-state index contributed by atoms with van der Waals surface area (Å²) < 4.78 is 10.6. The standard InChI is InChI=1S/C20H20ClN3O3/c1-24(12-16-11-19(27-23-16)14-6-4-3-5-7-14)13-20(25)22-17-10-15(21)8-9-18(17)26-2/h3-11H,12-13H2,1-2H3,(H,22,25). The summed E-state index contributed by atoms with van der Waals surface area (Å²) in [6.07, 6.45) is 0. The van der Waals surface area contributed by atoms with E-state index in [0.717, 1.165) is 11.3 Å². The molecule has 0 bridgehead atoms. The van der Waals surface area contributed by atoms with Crippen LogP contribution < -0.4 is 10.1 Å². The van der Waals surface area contributed by atoms with E-state index < -0.39 is 0 Å². The molecule has 1 heterocycles. The molecule has 0 aliphatic carbocycles. The summed E-state index contributed by atoms with van der Waals surface area (Å²) in [6, 6.07) is 16.7. The van der Waals surface area contributed by atoms with Crippen molar-refractivity contribution < 1.29 is 14.1 Å². The number of likely N-dealkylation sites (N-methyl/N-ethyl adjacent to an activating group) is 1. The first-order valence-corrected chi connectivity index (χ1v) is 8.76. The number of ether oxygens (including phenoxy) is 1. The van der Waals surface area contributed by atoms with E-state index in [1.54, 1.807) is 25.3 Å². The number of hydrogen-bond acceptors (Lipinski definition) is 5. The van der Waals surface area contributed by atoms with Gasteiger partial charge in [0.2, 0.25) is 5.91 Å². The molecule has 3 aromatic rings. The minimum atomic E-state index is -0.176. The number of amides is 1. The molecule has 0 spiro atoms. The molecule has 1 amide bonds. The molecule has 0 saturated carbocycles. The van der Waals surface area contributed by atoms with Gasteiger partial charge in [-0.3, -0.25) is 9.69 Å². The van der Waals surface area contributed by atoms with Crippen LogP contribution in [0.2, 0.25) is 5.02 Å². The lowest BCUT2D eigenvalue weighted by Crippen LogP contribution is -2.30. The molecule has 0 aliphatic rings. The van der Waals surface area contributed by atoms with E-state index >= 15 is 0 Å². The normalized spacial score (nSPS) is 10.8. The highest BCUT2D eigenvalue weighted by molar-refractivity contribution is 6.31. The van der Waals surface area contributed by atoms with Crippen LogP contribution in [0.4, 0.5) is 5.69 Å². The van der Waals surface area contributed by atoms with Gasteiger partial charge in [-0.2, -0.15) is 0 Å². The predicted molar refractivity (Wildman–Crippen MR) is 105 cm³/mol. The third kappa shape index (κ3) is 5.09. The number of carbonyl (C=O) groups excluding carboxylic acids is 1. The van der Waals surface area contributed by atoms with E-state index in [0.29, 0.717) is 28.8 Å². The number of methoxy groups -OCH3 is 1. The second kappa shape index (κ2) is 8.70. The van der Waals surface area contributed by atoms with Crippen molar-refractivity contribution >= 4 is 23.2 Å². The lowest BCUT2D eigenvalue weighted by Gasteiger charge is -2.16. The number of anilines is 1. The summed E-state index contributed by atoms with van der Waals surface area (Å²) in [7, 11) is 3.38. The Labute approximate surface area is 162 Å². The van der Waals surface area contributed by atoms with Crippen molar-refractivity contribution in [3.8, 4) is 17.1 Å². The molecule has 2 aromatic carbocycles. The fourth-order valence-electron chi connectivity index (χ4n) is 2.67. The molecule has 3 rings (SSSR count). The van der Waals surface area contributed by atoms with Crippen molar-refractivity contribution in [2.75, 3.05) is 26.0 Å². The number of rotatable bonds is 7. The predicted octanol–water partition coefficient (Wildman–Crippen LogP) is 4.07. The van der Waals surface area contributed by atoms with Crippen LogP contribution in [-0.4, -0.2) is 36.7 Å². The van der Waals surface area contributed by atoms with Gasteiger partial charge in [0.15, 0.2) is 5.76 Å². The lowest BCUT2D eigenvalue weighted by molar-refractivity contribution is -0.117. The molecule has 0 atom stereocenters. The average molecular weight is 386 g/mol. The lowest BCUT2D eigenvalue weighted by atomic mass is 10.1. The summed E-state index contributed by atoms with van der Waals surface area (Å²) in [5, 5.41) is 7.42. The van der Waals surface area contributed by atoms with Crippen LogP contribution in [0.1, 0.15) is 5.69 Å². The smallest absolute Gasteiger partial charge is 0.238 e. The minimum Gasteiger partial charge on any atom is -0.495 e. The summed E-state index contributed by atoms with van der Waals surface area (Å²) in [5.41, 5.74) is 2.25. The average Bonchev–Trinajstić information content (AvgIpc) is 3.11. The molecule has 1 N–H and O–H groups in total. The number of benzene rings is 2. The molecule has 0 radical (unpaired) electrons. The fourth-order valence-corrected chi connectivity index (χ4v) is 2.84. The van der Waals surface area contributed by atoms with Gasteiger partial charge < -0.3 is 14.6 Å². The molecular formula is C20H20ClN3O3. The molecule has 0 saturated heterocycles. The summed E-state index contributed by atoms with van der Waals surface area (Å²) in [4.78, 5) is 14.2. The molecule has 140 valence electrons. The second-order valence-corrected chi connectivity index (χ2v) is 6.55. The van der Waals surface area contributed by atoms with Gasteiger partial charge in [-0.25, -0.2) is 0 Å². The summed E-state index contributed by atoms with van der Waals surface area (Å²) in [6.45, 7) is 0.666. The first-order chi connectivity index (χ1) is 13.0. The summed E-state index contributed by atoms with van der Waals surface area (Å²) in [5.74, 6) is 1.08. The van der Waals surface area contributed by atoms with Crippen LogP contribution in [0.25, 0.3) is 11.3 Å². The summed E-state index contributed by atoms with van der Waals surface area (Å²) >= 11 is 5.99. The van der Waals surface area contributed by atoms with Gasteiger partial charge in [-0.05, 0) is 25.2 Å². The van der Waals surface area contributed by atoms with Crippen molar-refractivity contribution in [2.45, 2.75) is 6.54 Å². The maximum Gasteiger partial charge on any atom is 0.238 e. The number of aromatic nitrogens is 1. The Bertz CT molecular complexity index is 912. The Balaban J connectivity index is 1.58. The third-order valence-corrected chi connectivity index (χ3v) is 4.13. The zero-order valence-corrected chi connectivity index (χ0v) is 15.9. The Kier molecular flexibility index (Phi) is 6.11. The second-order valence-electron chi connectivity index (χ2n) is 6.11. The highest BCUT2D eigenvalue weighted by atomic mass is 35.5. The number of hydrogen-bond donors (Lipinski definition) is 1. The van der Waals surface area contributed by atoms with Crippen molar-refractivity contribution in [3.63, 3.8) is 0 Å². The van der Waals surface area contributed by atoms with Crippen LogP contribution in [0.15, 0.2) is 59.1 Å². The van der Waals surface area contributed by atoms with Crippen LogP contribution in [0.3, 0.4) is 0 Å². The first kappa shape index (κ1) is 18.9. The minimum absolute atomic E-state index is 0.176. The zero-order chi connectivity index (χ0) is 19.2. The van der Waals surface area contributed by atoms with Crippen molar-refractivity contribution in [1.29, 1.82) is 0 Å². The molecule has 0 aliphatic heterocycles. The van der Waals surface area contributed by atoms with Gasteiger partial charge in [-0.15, -0.1) is 0 Å². The van der Waals surface area contributed by atoms with Crippen molar-refractivity contribution in [3.05, 3.63) is 65.3 Å².